The molecule has 0 N–H and O–H groups in total. The van der Waals surface area contributed by atoms with Gasteiger partial charge in [-0.3, -0.25) is 0 Å². The fourth-order valence-corrected chi connectivity index (χ4v) is 3.65. The molecule has 0 fully saturated rings. The summed E-state index contributed by atoms with van der Waals surface area (Å²) in [5.41, 5.74) is 1.68. The van der Waals surface area contributed by atoms with Crippen LogP contribution in [0.25, 0.3) is 0 Å². The zero-order valence-corrected chi connectivity index (χ0v) is 18.6. The van der Waals surface area contributed by atoms with Gasteiger partial charge in [-0.2, -0.15) is 0 Å². The molecule has 27 heavy (non-hydrogen) atoms. The van der Waals surface area contributed by atoms with E-state index in [4.69, 9.17) is 19.5 Å². The van der Waals surface area contributed by atoms with Crippen molar-refractivity contribution in [3.8, 4) is 0 Å². The van der Waals surface area contributed by atoms with Crippen LogP contribution in [0.5, 0.6) is 0 Å². The summed E-state index contributed by atoms with van der Waals surface area (Å²) in [6.45, 7) is 26.8. The molecule has 0 aliphatic carbocycles. The van der Waals surface area contributed by atoms with Gasteiger partial charge in [-0.05, 0) is 37.5 Å². The quantitative estimate of drug-likeness (QED) is 0.569. The third-order valence-electron chi connectivity index (χ3n) is 5.33. The molecule has 2 atom stereocenters. The Bertz CT molecular complexity index is 601. The average Bonchev–Trinajstić information content (AvgIpc) is 3.14. The first-order chi connectivity index (χ1) is 12.3. The van der Waals surface area contributed by atoms with Crippen molar-refractivity contribution < 1.29 is 9.47 Å². The van der Waals surface area contributed by atoms with Crippen LogP contribution in [0.2, 0.25) is 0 Å². The van der Waals surface area contributed by atoms with E-state index < -0.39 is 5.41 Å². The maximum absolute atomic E-state index is 6.20. The molecule has 0 saturated carbocycles. The van der Waals surface area contributed by atoms with E-state index in [2.05, 4.69) is 54.7 Å². The topological polar surface area (TPSA) is 43.2 Å². The lowest BCUT2D eigenvalue weighted by molar-refractivity contribution is 0.207. The molecule has 0 spiro atoms. The van der Waals surface area contributed by atoms with Crippen LogP contribution in [0.3, 0.4) is 0 Å². The maximum atomic E-state index is 6.20. The maximum Gasteiger partial charge on any atom is 0.200 e. The molecule has 0 amide bonds. The average molecular weight is 375 g/mol. The van der Waals surface area contributed by atoms with Crippen LogP contribution in [-0.4, -0.2) is 37.1 Å². The number of allylic oxidation sites excluding steroid dienone is 2. The highest BCUT2D eigenvalue weighted by Crippen LogP contribution is 2.43. The van der Waals surface area contributed by atoms with Gasteiger partial charge in [0.1, 0.15) is 18.6 Å². The SMILES string of the molecule is C=C(C)CC(CC(=C)C)(C1=N[C@@H](C(C)(C)C)CO1)C1=N[C@@H](C(C)(C)C)CO1. The Kier molecular flexibility index (Phi) is 5.99. The third kappa shape index (κ3) is 4.83. The van der Waals surface area contributed by atoms with Gasteiger partial charge in [0.25, 0.3) is 0 Å². The molecule has 4 heteroatoms. The minimum absolute atomic E-state index is 0.0478. The highest BCUT2D eigenvalue weighted by Gasteiger charge is 2.50. The second-order valence-electron chi connectivity index (χ2n) is 10.6. The molecule has 0 bridgehead atoms. The fourth-order valence-electron chi connectivity index (χ4n) is 3.65. The summed E-state index contributed by atoms with van der Waals surface area (Å²) < 4.78 is 12.4. The summed E-state index contributed by atoms with van der Waals surface area (Å²) in [4.78, 5) is 10.0. The van der Waals surface area contributed by atoms with Crippen LogP contribution >= 0.6 is 0 Å². The van der Waals surface area contributed by atoms with E-state index in [0.717, 1.165) is 22.9 Å². The van der Waals surface area contributed by atoms with E-state index in [1.54, 1.807) is 0 Å². The van der Waals surface area contributed by atoms with E-state index in [1.165, 1.54) is 0 Å². The molecular weight excluding hydrogens is 336 g/mol. The highest BCUT2D eigenvalue weighted by molar-refractivity contribution is 6.06. The molecule has 0 radical (unpaired) electrons. The van der Waals surface area contributed by atoms with Crippen LogP contribution in [0, 0.1) is 16.2 Å². The summed E-state index contributed by atoms with van der Waals surface area (Å²) in [6.07, 6.45) is 1.40. The molecule has 0 unspecified atom stereocenters. The molecule has 0 aromatic heterocycles. The molecule has 4 nitrogen and oxygen atoms in total. The first-order valence-electron chi connectivity index (χ1n) is 9.96. The van der Waals surface area contributed by atoms with Crippen LogP contribution < -0.4 is 0 Å². The van der Waals surface area contributed by atoms with E-state index in [9.17, 15) is 0 Å². The largest absolute Gasteiger partial charge is 0.478 e. The minimum Gasteiger partial charge on any atom is -0.478 e. The number of rotatable bonds is 6. The standard InChI is InChI=1S/C23H38N2O2/c1-15(2)11-23(12-16(3)4,19-24-17(13-26-19)21(5,6)7)20-25-18(14-27-20)22(8,9)10/h17-18H,1,3,11-14H2,2,4-10H3/t17-,18-/m1/s1. The number of nitrogens with zero attached hydrogens (tertiary/aromatic N) is 2. The summed E-state index contributed by atoms with van der Waals surface area (Å²) in [7, 11) is 0. The Balaban J connectivity index is 2.55. The lowest BCUT2D eigenvalue weighted by atomic mass is 9.76. The first kappa shape index (κ1) is 21.7. The zero-order chi connectivity index (χ0) is 20.6. The first-order valence-corrected chi connectivity index (χ1v) is 9.96. The molecule has 152 valence electrons. The normalized spacial score (nSPS) is 23.4. The molecule has 2 aliphatic rings. The third-order valence-corrected chi connectivity index (χ3v) is 5.33. The van der Waals surface area contributed by atoms with E-state index in [0.29, 0.717) is 26.1 Å². The summed E-state index contributed by atoms with van der Waals surface area (Å²) in [6, 6.07) is 0.255. The second-order valence-corrected chi connectivity index (χ2v) is 10.6. The summed E-state index contributed by atoms with van der Waals surface area (Å²) in [5.74, 6) is 1.48. The van der Waals surface area contributed by atoms with Gasteiger partial charge in [-0.25, -0.2) is 9.98 Å². The smallest absolute Gasteiger partial charge is 0.200 e. The predicted octanol–water partition coefficient (Wildman–Crippen LogP) is 5.59. The van der Waals surface area contributed by atoms with Crippen molar-refractivity contribution in [1.29, 1.82) is 0 Å². The van der Waals surface area contributed by atoms with Gasteiger partial charge in [0, 0.05) is 0 Å². The zero-order valence-electron chi connectivity index (χ0n) is 18.6. The van der Waals surface area contributed by atoms with Crippen LogP contribution in [0.1, 0.15) is 68.2 Å². The molecule has 0 aromatic rings. The molecule has 2 heterocycles. The molecule has 0 saturated heterocycles. The molecule has 2 rings (SSSR count). The van der Waals surface area contributed by atoms with Crippen molar-refractivity contribution in [2.45, 2.75) is 80.3 Å². The van der Waals surface area contributed by atoms with E-state index in [1.807, 2.05) is 13.8 Å². The van der Waals surface area contributed by atoms with Gasteiger partial charge in [-0.1, -0.05) is 52.7 Å². The van der Waals surface area contributed by atoms with Crippen molar-refractivity contribution in [2.24, 2.45) is 26.2 Å². The highest BCUT2D eigenvalue weighted by atomic mass is 16.5. The van der Waals surface area contributed by atoms with Crippen LogP contribution in [0.15, 0.2) is 34.3 Å². The van der Waals surface area contributed by atoms with Crippen molar-refractivity contribution in [2.75, 3.05) is 13.2 Å². The lowest BCUT2D eigenvalue weighted by Gasteiger charge is -2.32. The van der Waals surface area contributed by atoms with Gasteiger partial charge >= 0.3 is 0 Å². The molecular formula is C23H38N2O2. The van der Waals surface area contributed by atoms with Crippen molar-refractivity contribution in [3.05, 3.63) is 24.3 Å². The number of aliphatic imine (C=N–C) groups is 2. The summed E-state index contributed by atoms with van der Waals surface area (Å²) in [5, 5.41) is 0. The van der Waals surface area contributed by atoms with Gasteiger partial charge < -0.3 is 9.47 Å². The second kappa shape index (κ2) is 7.44. The van der Waals surface area contributed by atoms with Gasteiger partial charge in [0.15, 0.2) is 11.8 Å². The van der Waals surface area contributed by atoms with Crippen molar-refractivity contribution in [3.63, 3.8) is 0 Å². The Morgan fingerprint density at radius 1 is 0.815 bits per heavy atom. The fraction of sp³-hybridized carbons (Fsp3) is 0.739. The Morgan fingerprint density at radius 3 is 1.37 bits per heavy atom. The Hall–Kier alpha value is -1.58. The van der Waals surface area contributed by atoms with E-state index in [-0.39, 0.29) is 22.9 Å². The van der Waals surface area contributed by atoms with Crippen molar-refractivity contribution in [1.82, 2.24) is 0 Å². The number of hydrogen-bond donors (Lipinski definition) is 0. The van der Waals surface area contributed by atoms with Crippen LogP contribution in [-0.2, 0) is 9.47 Å². The Labute approximate surface area is 165 Å². The van der Waals surface area contributed by atoms with Crippen LogP contribution in [0.4, 0.5) is 0 Å². The number of ether oxygens (including phenoxy) is 2. The lowest BCUT2D eigenvalue weighted by Crippen LogP contribution is -2.40. The van der Waals surface area contributed by atoms with Gasteiger partial charge in [0.05, 0.1) is 12.1 Å². The monoisotopic (exact) mass is 374 g/mol. The van der Waals surface area contributed by atoms with Gasteiger partial charge in [0.2, 0.25) is 0 Å². The number of hydrogen-bond acceptors (Lipinski definition) is 4. The predicted molar refractivity (Wildman–Crippen MR) is 115 cm³/mol. The molecule has 2 aliphatic heterocycles. The molecule has 0 aromatic carbocycles. The summed E-state index contributed by atoms with van der Waals surface area (Å²) >= 11 is 0. The van der Waals surface area contributed by atoms with Crippen molar-refractivity contribution >= 4 is 11.8 Å². The minimum atomic E-state index is -0.544. The van der Waals surface area contributed by atoms with Gasteiger partial charge in [-0.15, -0.1) is 13.2 Å². The Morgan fingerprint density at radius 2 is 1.15 bits per heavy atom. The van der Waals surface area contributed by atoms with E-state index >= 15 is 0 Å².